The van der Waals surface area contributed by atoms with Crippen molar-refractivity contribution in [2.24, 2.45) is 5.90 Å². The molecule has 50 valence electrons. The summed E-state index contributed by atoms with van der Waals surface area (Å²) in [5, 5.41) is 0. The third-order valence-electron chi connectivity index (χ3n) is 0.868. The van der Waals surface area contributed by atoms with Crippen LogP contribution < -0.4 is 11.6 Å². The van der Waals surface area contributed by atoms with Gasteiger partial charge in [-0.05, 0) is 0 Å². The van der Waals surface area contributed by atoms with Crippen LogP contribution in [0.3, 0.4) is 0 Å². The van der Waals surface area contributed by atoms with Gasteiger partial charge in [0.25, 0.3) is 0 Å². The molecule has 0 bridgehead atoms. The van der Waals surface area contributed by atoms with Crippen molar-refractivity contribution in [3.8, 4) is 0 Å². The van der Waals surface area contributed by atoms with Crippen molar-refractivity contribution in [3.05, 3.63) is 12.0 Å². The minimum atomic E-state index is 0.261. The van der Waals surface area contributed by atoms with Crippen LogP contribution in [0.5, 0.6) is 0 Å². The van der Waals surface area contributed by atoms with Gasteiger partial charge < -0.3 is 10.7 Å². The van der Waals surface area contributed by atoms with Crippen LogP contribution >= 0.6 is 0 Å². The van der Waals surface area contributed by atoms with Crippen LogP contribution in [0.2, 0.25) is 0 Å². The van der Waals surface area contributed by atoms with Crippen LogP contribution in [0.25, 0.3) is 0 Å². The van der Waals surface area contributed by atoms with E-state index in [1.807, 2.05) is 0 Å². The summed E-state index contributed by atoms with van der Waals surface area (Å²) in [6.07, 6.45) is 1.51. The van der Waals surface area contributed by atoms with E-state index in [1.54, 1.807) is 0 Å². The Kier molecular flexibility index (Phi) is 1.66. The van der Waals surface area contributed by atoms with Crippen LogP contribution in [0, 0.1) is 0 Å². The molecule has 1 rings (SSSR count). The summed E-state index contributed by atoms with van der Waals surface area (Å²) >= 11 is 0. The number of nitrogens with two attached hydrogens (primary N) is 2. The normalized spacial score (nSPS) is 9.89. The van der Waals surface area contributed by atoms with Crippen LogP contribution in [0.1, 0.15) is 5.82 Å². The number of anilines is 1. The number of hydrogen-bond acceptors (Lipinski definition) is 4. The first kappa shape index (κ1) is 6.06. The fraction of sp³-hybridized carbons (Fsp3) is 0.250. The quantitative estimate of drug-likeness (QED) is 0.463. The Morgan fingerprint density at radius 1 is 1.78 bits per heavy atom. The average Bonchev–Trinajstić information content (AvgIpc) is 2.17. The van der Waals surface area contributed by atoms with E-state index in [1.165, 1.54) is 6.20 Å². The van der Waals surface area contributed by atoms with Gasteiger partial charge in [-0.3, -0.25) is 4.84 Å². The third kappa shape index (κ3) is 1.41. The molecule has 5 N–H and O–H groups in total. The van der Waals surface area contributed by atoms with Crippen molar-refractivity contribution < 1.29 is 4.84 Å². The molecule has 0 spiro atoms. The van der Waals surface area contributed by atoms with Gasteiger partial charge in [0.2, 0.25) is 0 Å². The van der Waals surface area contributed by atoms with Crippen LogP contribution in [0.15, 0.2) is 6.20 Å². The first-order chi connectivity index (χ1) is 4.33. The zero-order valence-corrected chi connectivity index (χ0v) is 4.79. The highest BCUT2D eigenvalue weighted by Gasteiger charge is 1.93. The van der Waals surface area contributed by atoms with E-state index in [-0.39, 0.29) is 6.61 Å². The topological polar surface area (TPSA) is 89.9 Å². The second kappa shape index (κ2) is 2.47. The number of hydrogen-bond donors (Lipinski definition) is 3. The Hall–Kier alpha value is -1.07. The van der Waals surface area contributed by atoms with E-state index in [0.29, 0.717) is 11.6 Å². The number of aromatic nitrogens is 2. The first-order valence-corrected chi connectivity index (χ1v) is 2.44. The number of rotatable bonds is 2. The van der Waals surface area contributed by atoms with E-state index in [4.69, 9.17) is 11.6 Å². The molecule has 0 radical (unpaired) electrons. The molecular formula is C4H8N4O. The number of H-pyrrole nitrogens is 1. The largest absolute Gasteiger partial charge is 0.384 e. The predicted molar refractivity (Wildman–Crippen MR) is 32.0 cm³/mol. The predicted octanol–water partition coefficient (Wildman–Crippen LogP) is -0.618. The number of aromatic amines is 1. The Balaban J connectivity index is 2.61. The molecule has 1 heterocycles. The summed E-state index contributed by atoms with van der Waals surface area (Å²) in [7, 11) is 0. The number of imidazole rings is 1. The standard InChI is InChI=1S/C4H8N4O/c5-3-1-7-4(8-3)2-9-6/h1H,2,5-6H2,(H,7,8). The van der Waals surface area contributed by atoms with Crippen molar-refractivity contribution >= 4 is 5.82 Å². The van der Waals surface area contributed by atoms with Crippen molar-refractivity contribution in [1.82, 2.24) is 9.97 Å². The minimum absolute atomic E-state index is 0.261. The molecular weight excluding hydrogens is 120 g/mol. The second-order valence-electron chi connectivity index (χ2n) is 1.60. The molecule has 0 fully saturated rings. The van der Waals surface area contributed by atoms with Crippen molar-refractivity contribution in [2.45, 2.75) is 6.61 Å². The van der Waals surface area contributed by atoms with Crippen LogP contribution in [-0.4, -0.2) is 9.97 Å². The molecule has 0 aliphatic heterocycles. The molecule has 0 unspecified atom stereocenters. The SMILES string of the molecule is NOCc1ncc(N)[nH]1. The Bertz CT molecular complexity index is 184. The lowest BCUT2D eigenvalue weighted by Gasteiger charge is -1.89. The first-order valence-electron chi connectivity index (χ1n) is 2.44. The third-order valence-corrected chi connectivity index (χ3v) is 0.868. The summed E-state index contributed by atoms with van der Waals surface area (Å²) < 4.78 is 0. The van der Waals surface area contributed by atoms with E-state index in [0.717, 1.165) is 0 Å². The highest BCUT2D eigenvalue weighted by molar-refractivity contribution is 5.23. The van der Waals surface area contributed by atoms with Crippen LogP contribution in [0.4, 0.5) is 5.82 Å². The number of nitrogen functional groups attached to an aromatic ring is 1. The maximum atomic E-state index is 5.29. The molecule has 0 aliphatic rings. The molecule has 5 heteroatoms. The minimum Gasteiger partial charge on any atom is -0.384 e. The van der Waals surface area contributed by atoms with Gasteiger partial charge in [-0.2, -0.15) is 0 Å². The Labute approximate surface area is 52.0 Å². The molecule has 1 aromatic rings. The van der Waals surface area contributed by atoms with E-state index in [2.05, 4.69) is 14.8 Å². The Morgan fingerprint density at radius 2 is 2.56 bits per heavy atom. The highest BCUT2D eigenvalue weighted by Crippen LogP contribution is 1.96. The van der Waals surface area contributed by atoms with Gasteiger partial charge >= 0.3 is 0 Å². The zero-order valence-electron chi connectivity index (χ0n) is 4.79. The lowest BCUT2D eigenvalue weighted by atomic mass is 10.7. The molecule has 0 aromatic carbocycles. The highest BCUT2D eigenvalue weighted by atomic mass is 16.6. The summed E-state index contributed by atoms with van der Waals surface area (Å²) in [5.74, 6) is 5.92. The van der Waals surface area contributed by atoms with Gasteiger partial charge in [-0.1, -0.05) is 0 Å². The lowest BCUT2D eigenvalue weighted by molar-refractivity contribution is 0.119. The average molecular weight is 128 g/mol. The summed E-state index contributed by atoms with van der Waals surface area (Å²) in [4.78, 5) is 10.9. The fourth-order valence-corrected chi connectivity index (χ4v) is 0.531. The van der Waals surface area contributed by atoms with Gasteiger partial charge in [0.1, 0.15) is 18.2 Å². The molecule has 5 nitrogen and oxygen atoms in total. The van der Waals surface area contributed by atoms with E-state index < -0.39 is 0 Å². The fourth-order valence-electron chi connectivity index (χ4n) is 0.531. The van der Waals surface area contributed by atoms with Crippen LogP contribution in [-0.2, 0) is 11.4 Å². The Morgan fingerprint density at radius 3 is 3.00 bits per heavy atom. The molecule has 0 amide bonds. The monoisotopic (exact) mass is 128 g/mol. The molecule has 0 saturated heterocycles. The molecule has 0 atom stereocenters. The van der Waals surface area contributed by atoms with Crippen molar-refractivity contribution in [2.75, 3.05) is 5.73 Å². The van der Waals surface area contributed by atoms with Gasteiger partial charge in [0.05, 0.1) is 6.20 Å². The van der Waals surface area contributed by atoms with E-state index in [9.17, 15) is 0 Å². The van der Waals surface area contributed by atoms with Gasteiger partial charge in [-0.15, -0.1) is 0 Å². The molecule has 0 aliphatic carbocycles. The molecule has 0 saturated carbocycles. The maximum Gasteiger partial charge on any atom is 0.135 e. The smallest absolute Gasteiger partial charge is 0.135 e. The van der Waals surface area contributed by atoms with Gasteiger partial charge in [0, 0.05) is 0 Å². The van der Waals surface area contributed by atoms with Gasteiger partial charge in [-0.25, -0.2) is 10.9 Å². The van der Waals surface area contributed by atoms with Crippen molar-refractivity contribution in [3.63, 3.8) is 0 Å². The lowest BCUT2D eigenvalue weighted by Crippen LogP contribution is -2.00. The molecule has 1 aromatic heterocycles. The number of nitrogens with zero attached hydrogens (tertiary/aromatic N) is 1. The zero-order chi connectivity index (χ0) is 6.69. The second-order valence-corrected chi connectivity index (χ2v) is 1.60. The van der Waals surface area contributed by atoms with E-state index >= 15 is 0 Å². The molecule has 9 heavy (non-hydrogen) atoms. The van der Waals surface area contributed by atoms with Crippen molar-refractivity contribution in [1.29, 1.82) is 0 Å². The number of nitrogens with one attached hydrogen (secondary N) is 1. The summed E-state index contributed by atoms with van der Waals surface area (Å²) in [5.41, 5.74) is 5.29. The maximum absolute atomic E-state index is 5.29. The van der Waals surface area contributed by atoms with Gasteiger partial charge in [0.15, 0.2) is 0 Å². The summed E-state index contributed by atoms with van der Waals surface area (Å²) in [6.45, 7) is 0.261. The summed E-state index contributed by atoms with van der Waals surface area (Å²) in [6, 6.07) is 0.